The number of hydrogen-bond donors (Lipinski definition) is 1. The number of anilines is 2. The van der Waals surface area contributed by atoms with Crippen LogP contribution in [0.25, 0.3) is 0 Å². The fourth-order valence-corrected chi connectivity index (χ4v) is 2.05. The molecule has 1 aromatic carbocycles. The second-order valence-corrected chi connectivity index (χ2v) is 4.75. The van der Waals surface area contributed by atoms with E-state index in [1.165, 1.54) is 6.92 Å². The van der Waals surface area contributed by atoms with Crippen molar-refractivity contribution in [2.45, 2.75) is 6.92 Å². The highest BCUT2D eigenvalue weighted by Gasteiger charge is 2.11. The van der Waals surface area contributed by atoms with Gasteiger partial charge in [-0.3, -0.25) is 4.79 Å². The second kappa shape index (κ2) is 6.90. The number of rotatable bonds is 4. The molecule has 0 bridgehead atoms. The molecule has 1 saturated heterocycles. The Bertz CT molecular complexity index is 545. The molecule has 1 heterocycles. The van der Waals surface area contributed by atoms with Gasteiger partial charge in [0.05, 0.1) is 19.2 Å². The van der Waals surface area contributed by atoms with Crippen LogP contribution >= 0.6 is 0 Å². The normalized spacial score (nSPS) is 15.7. The van der Waals surface area contributed by atoms with Crippen molar-refractivity contribution in [2.24, 2.45) is 0 Å². The van der Waals surface area contributed by atoms with Gasteiger partial charge in [0, 0.05) is 30.0 Å². The highest BCUT2D eigenvalue weighted by atomic mass is 16.5. The molecule has 0 unspecified atom stereocenters. The SMILES string of the molecule is CC(=CC(=O)[O-])C(=O)Nc1ccc(N2CCOCC2)cc1. The van der Waals surface area contributed by atoms with Gasteiger partial charge in [0.2, 0.25) is 0 Å². The van der Waals surface area contributed by atoms with Gasteiger partial charge < -0.3 is 24.9 Å². The number of nitrogens with zero attached hydrogens (tertiary/aromatic N) is 1. The van der Waals surface area contributed by atoms with Crippen LogP contribution in [-0.4, -0.2) is 38.2 Å². The summed E-state index contributed by atoms with van der Waals surface area (Å²) in [4.78, 5) is 24.3. The minimum absolute atomic E-state index is 0.0901. The van der Waals surface area contributed by atoms with Crippen molar-refractivity contribution < 1.29 is 19.4 Å². The molecule has 6 nitrogen and oxygen atoms in total. The lowest BCUT2D eigenvalue weighted by Crippen LogP contribution is -2.36. The fraction of sp³-hybridized carbons (Fsp3) is 0.333. The molecule has 0 saturated carbocycles. The molecule has 1 amide bonds. The third-order valence-corrected chi connectivity index (χ3v) is 3.19. The zero-order valence-electron chi connectivity index (χ0n) is 11.8. The first-order valence-corrected chi connectivity index (χ1v) is 6.69. The van der Waals surface area contributed by atoms with Gasteiger partial charge in [-0.15, -0.1) is 0 Å². The van der Waals surface area contributed by atoms with Crippen molar-refractivity contribution >= 4 is 23.3 Å². The zero-order valence-corrected chi connectivity index (χ0v) is 11.8. The van der Waals surface area contributed by atoms with Gasteiger partial charge >= 0.3 is 0 Å². The summed E-state index contributed by atoms with van der Waals surface area (Å²) in [5, 5.41) is 13.0. The van der Waals surface area contributed by atoms with Gasteiger partial charge in [-0.05, 0) is 37.3 Å². The van der Waals surface area contributed by atoms with Crippen molar-refractivity contribution in [3.8, 4) is 0 Å². The number of nitrogens with one attached hydrogen (secondary N) is 1. The molecule has 0 atom stereocenters. The summed E-state index contributed by atoms with van der Waals surface area (Å²) < 4.78 is 5.30. The van der Waals surface area contributed by atoms with Crippen LogP contribution in [0, 0.1) is 0 Å². The minimum Gasteiger partial charge on any atom is -0.545 e. The number of amides is 1. The largest absolute Gasteiger partial charge is 0.545 e. The summed E-state index contributed by atoms with van der Waals surface area (Å²) in [5.41, 5.74) is 1.77. The molecule has 1 N–H and O–H groups in total. The third kappa shape index (κ3) is 4.32. The Hall–Kier alpha value is -2.34. The van der Waals surface area contributed by atoms with Gasteiger partial charge in [0.25, 0.3) is 5.91 Å². The van der Waals surface area contributed by atoms with Crippen molar-refractivity contribution in [2.75, 3.05) is 36.5 Å². The molecule has 1 aliphatic heterocycles. The highest BCUT2D eigenvalue weighted by molar-refractivity contribution is 6.06. The maximum atomic E-state index is 11.7. The van der Waals surface area contributed by atoms with Gasteiger partial charge in [-0.1, -0.05) is 0 Å². The van der Waals surface area contributed by atoms with E-state index in [0.717, 1.165) is 24.9 Å². The number of ether oxygens (including phenoxy) is 1. The summed E-state index contributed by atoms with van der Waals surface area (Å²) in [5.74, 6) is -1.84. The van der Waals surface area contributed by atoms with E-state index in [4.69, 9.17) is 4.74 Å². The molecule has 1 aliphatic rings. The first-order chi connectivity index (χ1) is 10.1. The Morgan fingerprint density at radius 3 is 2.43 bits per heavy atom. The lowest BCUT2D eigenvalue weighted by Gasteiger charge is -2.28. The van der Waals surface area contributed by atoms with Crippen LogP contribution in [0.5, 0.6) is 0 Å². The summed E-state index contributed by atoms with van der Waals surface area (Å²) in [7, 11) is 0. The molecule has 0 aromatic heterocycles. The van der Waals surface area contributed by atoms with Crippen molar-refractivity contribution in [3.05, 3.63) is 35.9 Å². The summed E-state index contributed by atoms with van der Waals surface area (Å²) in [6.07, 6.45) is 0.775. The van der Waals surface area contributed by atoms with E-state index in [9.17, 15) is 14.7 Å². The Morgan fingerprint density at radius 1 is 1.24 bits per heavy atom. The van der Waals surface area contributed by atoms with Crippen molar-refractivity contribution in [1.29, 1.82) is 0 Å². The van der Waals surface area contributed by atoms with Gasteiger partial charge in [0.15, 0.2) is 0 Å². The van der Waals surface area contributed by atoms with Crippen molar-refractivity contribution in [1.82, 2.24) is 0 Å². The molecule has 1 aromatic rings. The maximum absolute atomic E-state index is 11.7. The van der Waals surface area contributed by atoms with Crippen LogP contribution < -0.4 is 15.3 Å². The van der Waals surface area contributed by atoms with E-state index in [1.807, 2.05) is 12.1 Å². The smallest absolute Gasteiger partial charge is 0.251 e. The predicted octanol–water partition coefficient (Wildman–Crippen LogP) is 0.158. The van der Waals surface area contributed by atoms with E-state index < -0.39 is 11.9 Å². The molecule has 1 fully saturated rings. The number of carbonyl (C=O) groups is 2. The lowest BCUT2D eigenvalue weighted by molar-refractivity contribution is -0.297. The molecule has 0 aliphatic carbocycles. The number of carbonyl (C=O) groups excluding carboxylic acids is 2. The monoisotopic (exact) mass is 289 g/mol. The Kier molecular flexibility index (Phi) is 4.94. The van der Waals surface area contributed by atoms with E-state index >= 15 is 0 Å². The van der Waals surface area contributed by atoms with E-state index in [2.05, 4.69) is 10.2 Å². The standard InChI is InChI=1S/C15H18N2O4/c1-11(10-14(18)19)15(20)16-12-2-4-13(5-3-12)17-6-8-21-9-7-17/h2-5,10H,6-9H2,1H3,(H,16,20)(H,18,19)/p-1. The zero-order chi connectivity index (χ0) is 15.2. The molecular formula is C15H17N2O4-. The highest BCUT2D eigenvalue weighted by Crippen LogP contribution is 2.19. The number of aliphatic carboxylic acids is 1. The number of benzene rings is 1. The number of carboxylic acids is 1. The lowest BCUT2D eigenvalue weighted by atomic mass is 10.2. The van der Waals surface area contributed by atoms with E-state index in [1.54, 1.807) is 12.1 Å². The number of morpholine rings is 1. The van der Waals surface area contributed by atoms with Crippen LogP contribution in [0.3, 0.4) is 0 Å². The first kappa shape index (κ1) is 15.1. The minimum atomic E-state index is -1.38. The summed E-state index contributed by atoms with van der Waals surface area (Å²) in [6.45, 7) is 4.54. The average molecular weight is 289 g/mol. The molecule has 6 heteroatoms. The maximum Gasteiger partial charge on any atom is 0.251 e. The van der Waals surface area contributed by atoms with Crippen LogP contribution in [-0.2, 0) is 14.3 Å². The number of carboxylic acid groups (broad SMARTS) is 1. The van der Waals surface area contributed by atoms with Gasteiger partial charge in [0.1, 0.15) is 0 Å². The Labute approximate surface area is 123 Å². The predicted molar refractivity (Wildman–Crippen MR) is 76.9 cm³/mol. The number of hydrogen-bond acceptors (Lipinski definition) is 5. The molecule has 21 heavy (non-hydrogen) atoms. The molecular weight excluding hydrogens is 272 g/mol. The van der Waals surface area contributed by atoms with Crippen LogP contribution in [0.1, 0.15) is 6.92 Å². The van der Waals surface area contributed by atoms with Crippen LogP contribution in [0.2, 0.25) is 0 Å². The molecule has 112 valence electrons. The van der Waals surface area contributed by atoms with Gasteiger partial charge in [-0.2, -0.15) is 0 Å². The van der Waals surface area contributed by atoms with Crippen molar-refractivity contribution in [3.63, 3.8) is 0 Å². The second-order valence-electron chi connectivity index (χ2n) is 4.75. The van der Waals surface area contributed by atoms with E-state index in [-0.39, 0.29) is 5.57 Å². The summed E-state index contributed by atoms with van der Waals surface area (Å²) in [6, 6.07) is 7.40. The van der Waals surface area contributed by atoms with Crippen LogP contribution in [0.15, 0.2) is 35.9 Å². The van der Waals surface area contributed by atoms with E-state index in [0.29, 0.717) is 18.9 Å². The average Bonchev–Trinajstić information content (AvgIpc) is 2.48. The Morgan fingerprint density at radius 2 is 1.86 bits per heavy atom. The summed E-state index contributed by atoms with van der Waals surface area (Å²) >= 11 is 0. The van der Waals surface area contributed by atoms with Gasteiger partial charge in [-0.25, -0.2) is 0 Å². The Balaban J connectivity index is 1.99. The third-order valence-electron chi connectivity index (χ3n) is 3.19. The quantitative estimate of drug-likeness (QED) is 0.798. The molecule has 2 rings (SSSR count). The topological polar surface area (TPSA) is 81.7 Å². The molecule has 0 radical (unpaired) electrons. The first-order valence-electron chi connectivity index (χ1n) is 6.69. The fourth-order valence-electron chi connectivity index (χ4n) is 2.05. The van der Waals surface area contributed by atoms with Crippen LogP contribution in [0.4, 0.5) is 11.4 Å². The molecule has 0 spiro atoms.